The quantitative estimate of drug-likeness (QED) is 0.910. The highest BCUT2D eigenvalue weighted by Gasteiger charge is 2.50. The van der Waals surface area contributed by atoms with Crippen LogP contribution in [-0.4, -0.2) is 30.3 Å². The monoisotopic (exact) mass is 287 g/mol. The molecule has 21 heavy (non-hydrogen) atoms. The van der Waals surface area contributed by atoms with Gasteiger partial charge in [0.25, 0.3) is 0 Å². The second-order valence-electron chi connectivity index (χ2n) is 6.65. The van der Waals surface area contributed by atoms with Crippen LogP contribution in [0.3, 0.4) is 0 Å². The number of ether oxygens (including phenoxy) is 1. The summed E-state index contributed by atoms with van der Waals surface area (Å²) in [6.45, 7) is 8.05. The maximum atomic E-state index is 6.23. The third-order valence-electron chi connectivity index (χ3n) is 4.97. The summed E-state index contributed by atoms with van der Waals surface area (Å²) in [6, 6.07) is 8.51. The molecule has 2 atom stereocenters. The van der Waals surface area contributed by atoms with Crippen LogP contribution in [0.1, 0.15) is 38.7 Å². The molecule has 0 amide bonds. The first-order chi connectivity index (χ1) is 9.98. The molecule has 0 aliphatic carbocycles. The average Bonchev–Trinajstić information content (AvgIpc) is 2.75. The van der Waals surface area contributed by atoms with E-state index in [1.54, 1.807) is 0 Å². The molecule has 0 bridgehead atoms. The fourth-order valence-corrected chi connectivity index (χ4v) is 3.66. The molecule has 2 heterocycles. The van der Waals surface area contributed by atoms with Gasteiger partial charge in [-0.2, -0.15) is 0 Å². The Morgan fingerprint density at radius 2 is 2.24 bits per heavy atom. The topological polar surface area (TPSA) is 50.9 Å². The molecule has 1 aromatic carbocycles. The van der Waals surface area contributed by atoms with Gasteiger partial charge in [0.2, 0.25) is 0 Å². The summed E-state index contributed by atoms with van der Waals surface area (Å²) in [4.78, 5) is 6.81. The van der Waals surface area contributed by atoms with Crippen molar-refractivity contribution in [3.8, 4) is 0 Å². The third kappa shape index (κ3) is 2.42. The van der Waals surface area contributed by atoms with Gasteiger partial charge in [0, 0.05) is 18.7 Å². The highest BCUT2D eigenvalue weighted by atomic mass is 16.5. The van der Waals surface area contributed by atoms with Gasteiger partial charge in [0.05, 0.1) is 17.7 Å². The summed E-state index contributed by atoms with van der Waals surface area (Å²) >= 11 is 0. The van der Waals surface area contributed by atoms with Crippen LogP contribution in [0.2, 0.25) is 0 Å². The van der Waals surface area contributed by atoms with Crippen LogP contribution >= 0.6 is 0 Å². The number of benzene rings is 1. The smallest absolute Gasteiger partial charge is 0.196 e. The lowest BCUT2D eigenvalue weighted by molar-refractivity contribution is -0.0902. The summed E-state index contributed by atoms with van der Waals surface area (Å²) in [6.07, 6.45) is 2.95. The average molecular weight is 287 g/mol. The SMILES string of the molecule is CCC1(C)CC2(CCO1)CN=C(N)N2c1cccc(C)c1. The first-order valence-electron chi connectivity index (χ1n) is 7.79. The van der Waals surface area contributed by atoms with Crippen LogP contribution in [0.15, 0.2) is 29.3 Å². The molecule has 2 unspecified atom stereocenters. The number of aliphatic imine (C=N–C) groups is 1. The molecule has 3 rings (SSSR count). The molecular formula is C17H25N3O. The molecular weight excluding hydrogens is 262 g/mol. The Morgan fingerprint density at radius 3 is 2.95 bits per heavy atom. The van der Waals surface area contributed by atoms with Crippen molar-refractivity contribution in [1.82, 2.24) is 0 Å². The van der Waals surface area contributed by atoms with E-state index in [0.717, 1.165) is 38.1 Å². The minimum Gasteiger partial charge on any atom is -0.375 e. The summed E-state index contributed by atoms with van der Waals surface area (Å²) < 4.78 is 6.03. The third-order valence-corrected chi connectivity index (χ3v) is 4.97. The molecule has 2 aliphatic rings. The molecule has 4 nitrogen and oxygen atoms in total. The second kappa shape index (κ2) is 5.02. The lowest BCUT2D eigenvalue weighted by Crippen LogP contribution is -2.59. The number of nitrogens with zero attached hydrogens (tertiary/aromatic N) is 2. The summed E-state index contributed by atoms with van der Waals surface area (Å²) in [5.41, 5.74) is 8.51. The van der Waals surface area contributed by atoms with E-state index >= 15 is 0 Å². The van der Waals surface area contributed by atoms with Gasteiger partial charge in [-0.1, -0.05) is 19.1 Å². The Balaban J connectivity index is 1.98. The second-order valence-corrected chi connectivity index (χ2v) is 6.65. The lowest BCUT2D eigenvalue weighted by atomic mass is 9.78. The molecule has 0 saturated carbocycles. The number of hydrogen-bond acceptors (Lipinski definition) is 4. The van der Waals surface area contributed by atoms with Crippen LogP contribution in [0.4, 0.5) is 5.69 Å². The van der Waals surface area contributed by atoms with Crippen LogP contribution in [0.5, 0.6) is 0 Å². The van der Waals surface area contributed by atoms with Gasteiger partial charge < -0.3 is 15.4 Å². The largest absolute Gasteiger partial charge is 0.375 e. The fourth-order valence-electron chi connectivity index (χ4n) is 3.66. The maximum Gasteiger partial charge on any atom is 0.196 e. The first-order valence-corrected chi connectivity index (χ1v) is 7.79. The van der Waals surface area contributed by atoms with Crippen molar-refractivity contribution in [2.24, 2.45) is 10.7 Å². The van der Waals surface area contributed by atoms with Gasteiger partial charge in [0.1, 0.15) is 0 Å². The Labute approximate surface area is 127 Å². The number of aryl methyl sites for hydroxylation is 1. The normalized spacial score (nSPS) is 32.5. The van der Waals surface area contributed by atoms with Crippen LogP contribution < -0.4 is 10.6 Å². The molecule has 1 fully saturated rings. The molecule has 1 spiro atoms. The predicted octanol–water partition coefficient (Wildman–Crippen LogP) is 2.85. The molecule has 1 aromatic rings. The van der Waals surface area contributed by atoms with Crippen molar-refractivity contribution in [1.29, 1.82) is 0 Å². The first kappa shape index (κ1) is 14.4. The minimum absolute atomic E-state index is 0.0269. The molecule has 0 aromatic heterocycles. The highest BCUT2D eigenvalue weighted by molar-refractivity contribution is 5.98. The standard InChI is InChI=1S/C17H25N3O/c1-4-16(3)11-17(8-9-21-16)12-19-15(18)20(17)14-7-5-6-13(2)10-14/h5-7,10H,4,8-9,11-12H2,1-3H3,(H2,18,19). The van der Waals surface area contributed by atoms with Gasteiger partial charge in [0.15, 0.2) is 5.96 Å². The number of nitrogens with two attached hydrogens (primary N) is 1. The Kier molecular flexibility index (Phi) is 3.44. The van der Waals surface area contributed by atoms with Gasteiger partial charge in [-0.05, 0) is 44.4 Å². The number of anilines is 1. The molecule has 1 saturated heterocycles. The van der Waals surface area contributed by atoms with E-state index in [1.807, 2.05) is 0 Å². The van der Waals surface area contributed by atoms with Crippen molar-refractivity contribution >= 4 is 11.6 Å². The minimum atomic E-state index is -0.0829. The van der Waals surface area contributed by atoms with Crippen molar-refractivity contribution in [2.45, 2.75) is 51.2 Å². The molecule has 0 radical (unpaired) electrons. The van der Waals surface area contributed by atoms with Crippen LogP contribution in [0.25, 0.3) is 0 Å². The zero-order valence-electron chi connectivity index (χ0n) is 13.2. The van der Waals surface area contributed by atoms with E-state index in [9.17, 15) is 0 Å². The van der Waals surface area contributed by atoms with Gasteiger partial charge >= 0.3 is 0 Å². The highest BCUT2D eigenvalue weighted by Crippen LogP contribution is 2.42. The Bertz CT molecular complexity index is 571. The van der Waals surface area contributed by atoms with E-state index in [4.69, 9.17) is 10.5 Å². The van der Waals surface area contributed by atoms with Crippen molar-refractivity contribution in [3.63, 3.8) is 0 Å². The molecule has 4 heteroatoms. The van der Waals surface area contributed by atoms with E-state index < -0.39 is 0 Å². The molecule has 114 valence electrons. The number of rotatable bonds is 2. The van der Waals surface area contributed by atoms with Gasteiger partial charge in [-0.15, -0.1) is 0 Å². The van der Waals surface area contributed by atoms with Crippen molar-refractivity contribution in [2.75, 3.05) is 18.1 Å². The van der Waals surface area contributed by atoms with Crippen molar-refractivity contribution in [3.05, 3.63) is 29.8 Å². The number of hydrogen-bond donors (Lipinski definition) is 1. The maximum absolute atomic E-state index is 6.23. The Hall–Kier alpha value is -1.55. The van der Waals surface area contributed by atoms with Crippen LogP contribution in [0, 0.1) is 6.92 Å². The summed E-state index contributed by atoms with van der Waals surface area (Å²) in [5, 5.41) is 0. The van der Waals surface area contributed by atoms with E-state index in [2.05, 4.69) is 54.9 Å². The summed E-state index contributed by atoms with van der Waals surface area (Å²) in [5.74, 6) is 0.640. The van der Waals surface area contributed by atoms with Crippen molar-refractivity contribution < 1.29 is 4.74 Å². The van der Waals surface area contributed by atoms with Crippen LogP contribution in [-0.2, 0) is 4.74 Å². The fraction of sp³-hybridized carbons (Fsp3) is 0.588. The zero-order chi connectivity index (χ0) is 15.1. The Morgan fingerprint density at radius 1 is 1.43 bits per heavy atom. The van der Waals surface area contributed by atoms with Gasteiger partial charge in [-0.25, -0.2) is 0 Å². The zero-order valence-corrected chi connectivity index (χ0v) is 13.2. The molecule has 2 aliphatic heterocycles. The van der Waals surface area contributed by atoms with E-state index in [0.29, 0.717) is 5.96 Å². The van der Waals surface area contributed by atoms with Gasteiger partial charge in [-0.3, -0.25) is 4.99 Å². The van der Waals surface area contributed by atoms with E-state index in [-0.39, 0.29) is 11.1 Å². The summed E-state index contributed by atoms with van der Waals surface area (Å²) in [7, 11) is 0. The number of guanidine groups is 1. The predicted molar refractivity (Wildman–Crippen MR) is 86.8 cm³/mol. The van der Waals surface area contributed by atoms with E-state index in [1.165, 1.54) is 5.56 Å². The lowest BCUT2D eigenvalue weighted by Gasteiger charge is -2.48. The molecule has 2 N–H and O–H groups in total.